The Kier molecular flexibility index (Phi) is 3.36. The largest absolute Gasteiger partial charge is 0.299 e. The lowest BCUT2D eigenvalue weighted by atomic mass is 9.76. The summed E-state index contributed by atoms with van der Waals surface area (Å²) >= 11 is 0. The van der Waals surface area contributed by atoms with Crippen LogP contribution in [0.3, 0.4) is 0 Å². The number of aliphatic imine (C=N–C) groups is 1. The van der Waals surface area contributed by atoms with Crippen molar-refractivity contribution >= 4 is 11.5 Å². The van der Waals surface area contributed by atoms with E-state index in [1.807, 2.05) is 18.3 Å². The fourth-order valence-electron chi connectivity index (χ4n) is 2.31. The van der Waals surface area contributed by atoms with E-state index in [0.717, 1.165) is 17.7 Å². The third kappa shape index (κ3) is 3.48. The molecule has 0 radical (unpaired) electrons. The summed E-state index contributed by atoms with van der Waals surface area (Å²) in [6.07, 6.45) is 5.71. The number of carbonyl (C=O) groups is 1. The fraction of sp³-hybridized carbons (Fsp3) is 0.500. The highest BCUT2D eigenvalue weighted by atomic mass is 16.1. The molecule has 1 aromatic rings. The lowest BCUT2D eigenvalue weighted by Crippen LogP contribution is -2.29. The third-order valence-corrected chi connectivity index (χ3v) is 2.97. The van der Waals surface area contributed by atoms with Gasteiger partial charge in [0.25, 0.3) is 0 Å². The number of rotatable bonds is 2. The van der Waals surface area contributed by atoms with Crippen molar-refractivity contribution in [2.45, 2.75) is 39.7 Å². The topological polar surface area (TPSA) is 42.3 Å². The van der Waals surface area contributed by atoms with Crippen molar-refractivity contribution in [3.05, 3.63) is 30.1 Å². The summed E-state index contributed by atoms with van der Waals surface area (Å²) in [5.41, 5.74) is 2.20. The SMILES string of the molecule is CC1(C)CC(=O)CC(=NCc2cccnc2)C1. The molecule has 90 valence electrons. The van der Waals surface area contributed by atoms with Gasteiger partial charge in [-0.05, 0) is 23.5 Å². The first-order valence-electron chi connectivity index (χ1n) is 5.98. The maximum Gasteiger partial charge on any atom is 0.139 e. The van der Waals surface area contributed by atoms with Crippen LogP contribution in [0.1, 0.15) is 38.7 Å². The Morgan fingerprint density at radius 2 is 2.24 bits per heavy atom. The molecule has 0 unspecified atom stereocenters. The summed E-state index contributed by atoms with van der Waals surface area (Å²) in [6.45, 7) is 4.89. The van der Waals surface area contributed by atoms with Gasteiger partial charge < -0.3 is 0 Å². The van der Waals surface area contributed by atoms with Gasteiger partial charge in [0.05, 0.1) is 6.54 Å². The van der Waals surface area contributed by atoms with E-state index in [1.54, 1.807) is 6.20 Å². The predicted molar refractivity (Wildman–Crippen MR) is 68.0 cm³/mol. The van der Waals surface area contributed by atoms with Crippen LogP contribution in [-0.4, -0.2) is 16.5 Å². The first kappa shape index (κ1) is 12.0. The fourth-order valence-corrected chi connectivity index (χ4v) is 2.31. The van der Waals surface area contributed by atoms with E-state index < -0.39 is 0 Å². The van der Waals surface area contributed by atoms with Crippen molar-refractivity contribution in [2.75, 3.05) is 0 Å². The van der Waals surface area contributed by atoms with Crippen molar-refractivity contribution in [2.24, 2.45) is 10.4 Å². The molecule has 1 aromatic heterocycles. The van der Waals surface area contributed by atoms with E-state index in [1.165, 1.54) is 0 Å². The summed E-state index contributed by atoms with van der Waals surface area (Å²) in [6, 6.07) is 3.92. The lowest BCUT2D eigenvalue weighted by molar-refractivity contribution is -0.120. The average molecular weight is 230 g/mol. The normalized spacial score (nSPS) is 21.8. The van der Waals surface area contributed by atoms with Gasteiger partial charge in [0.15, 0.2) is 0 Å². The minimum Gasteiger partial charge on any atom is -0.299 e. The van der Waals surface area contributed by atoms with Crippen LogP contribution < -0.4 is 0 Å². The Morgan fingerprint density at radius 3 is 2.88 bits per heavy atom. The highest BCUT2D eigenvalue weighted by Gasteiger charge is 2.29. The standard InChI is InChI=1S/C14H18N2O/c1-14(2)7-12(6-13(17)8-14)16-10-11-4-3-5-15-9-11/h3-5,9H,6-8,10H2,1-2H3. The van der Waals surface area contributed by atoms with Crippen molar-refractivity contribution in [3.63, 3.8) is 0 Å². The van der Waals surface area contributed by atoms with E-state index in [-0.39, 0.29) is 5.41 Å². The molecule has 1 aliphatic rings. The number of hydrogen-bond donors (Lipinski definition) is 0. The third-order valence-electron chi connectivity index (χ3n) is 2.97. The number of aromatic nitrogens is 1. The van der Waals surface area contributed by atoms with Crippen LogP contribution in [-0.2, 0) is 11.3 Å². The van der Waals surface area contributed by atoms with Crippen LogP contribution >= 0.6 is 0 Å². The van der Waals surface area contributed by atoms with Gasteiger partial charge in [0.1, 0.15) is 5.78 Å². The second-order valence-electron chi connectivity index (χ2n) is 5.48. The van der Waals surface area contributed by atoms with Crippen LogP contribution in [0, 0.1) is 5.41 Å². The molecule has 0 aliphatic heterocycles. The Labute approximate surface area is 102 Å². The monoisotopic (exact) mass is 230 g/mol. The van der Waals surface area contributed by atoms with Crippen LogP contribution in [0.2, 0.25) is 0 Å². The quantitative estimate of drug-likeness (QED) is 0.784. The zero-order valence-electron chi connectivity index (χ0n) is 10.4. The molecule has 0 aromatic carbocycles. The summed E-state index contributed by atoms with van der Waals surface area (Å²) in [5.74, 6) is 0.311. The van der Waals surface area contributed by atoms with Crippen LogP contribution in [0.25, 0.3) is 0 Å². The lowest BCUT2D eigenvalue weighted by Gasteiger charge is -2.29. The summed E-state index contributed by atoms with van der Waals surface area (Å²) < 4.78 is 0. The molecule has 0 spiro atoms. The molecular formula is C14H18N2O. The van der Waals surface area contributed by atoms with Gasteiger partial charge in [-0.3, -0.25) is 14.8 Å². The molecule has 1 saturated carbocycles. The first-order chi connectivity index (χ1) is 8.05. The van der Waals surface area contributed by atoms with Crippen molar-refractivity contribution in [1.29, 1.82) is 0 Å². The van der Waals surface area contributed by atoms with E-state index >= 15 is 0 Å². The van der Waals surface area contributed by atoms with Crippen molar-refractivity contribution < 1.29 is 4.79 Å². The van der Waals surface area contributed by atoms with Crippen molar-refractivity contribution in [3.8, 4) is 0 Å². The maximum absolute atomic E-state index is 11.6. The minimum atomic E-state index is 0.0725. The van der Waals surface area contributed by atoms with E-state index in [9.17, 15) is 4.79 Å². The molecule has 0 amide bonds. The Morgan fingerprint density at radius 1 is 1.41 bits per heavy atom. The van der Waals surface area contributed by atoms with Crippen molar-refractivity contribution in [1.82, 2.24) is 4.98 Å². The second-order valence-corrected chi connectivity index (χ2v) is 5.48. The molecule has 2 rings (SSSR count). The van der Waals surface area contributed by atoms with Gasteiger partial charge >= 0.3 is 0 Å². The van der Waals surface area contributed by atoms with Gasteiger partial charge in [0.2, 0.25) is 0 Å². The smallest absolute Gasteiger partial charge is 0.139 e. The minimum absolute atomic E-state index is 0.0725. The number of ketones is 1. The Balaban J connectivity index is 2.05. The molecule has 1 aliphatic carbocycles. The predicted octanol–water partition coefficient (Wildman–Crippen LogP) is 2.80. The maximum atomic E-state index is 11.6. The number of carbonyl (C=O) groups excluding carboxylic acids is 1. The second kappa shape index (κ2) is 4.78. The van der Waals surface area contributed by atoms with Gasteiger partial charge in [0, 0.05) is 30.9 Å². The molecule has 17 heavy (non-hydrogen) atoms. The zero-order valence-corrected chi connectivity index (χ0v) is 10.4. The summed E-state index contributed by atoms with van der Waals surface area (Å²) in [5, 5.41) is 0. The molecule has 0 bridgehead atoms. The van der Waals surface area contributed by atoms with Crippen LogP contribution in [0.15, 0.2) is 29.5 Å². The van der Waals surface area contributed by atoms with Crippen LogP contribution in [0.5, 0.6) is 0 Å². The Bertz CT molecular complexity index is 435. The molecule has 3 heteroatoms. The number of nitrogens with zero attached hydrogens (tertiary/aromatic N) is 2. The summed E-state index contributed by atoms with van der Waals surface area (Å²) in [4.78, 5) is 20.2. The molecule has 3 nitrogen and oxygen atoms in total. The molecular weight excluding hydrogens is 212 g/mol. The average Bonchev–Trinajstić information content (AvgIpc) is 2.25. The molecule has 0 N–H and O–H groups in total. The van der Waals surface area contributed by atoms with Crippen LogP contribution in [0.4, 0.5) is 0 Å². The van der Waals surface area contributed by atoms with E-state index in [0.29, 0.717) is 25.2 Å². The number of hydrogen-bond acceptors (Lipinski definition) is 3. The molecule has 1 heterocycles. The van der Waals surface area contributed by atoms with Gasteiger partial charge in [-0.2, -0.15) is 0 Å². The van der Waals surface area contributed by atoms with E-state index in [2.05, 4.69) is 23.8 Å². The molecule has 0 saturated heterocycles. The first-order valence-corrected chi connectivity index (χ1v) is 5.98. The van der Waals surface area contributed by atoms with Gasteiger partial charge in [-0.25, -0.2) is 0 Å². The highest BCUT2D eigenvalue weighted by Crippen LogP contribution is 2.31. The van der Waals surface area contributed by atoms with Gasteiger partial charge in [-0.15, -0.1) is 0 Å². The van der Waals surface area contributed by atoms with E-state index in [4.69, 9.17) is 0 Å². The molecule has 0 atom stereocenters. The number of pyridine rings is 1. The zero-order chi connectivity index (χ0) is 12.3. The number of Topliss-reactive ketones (excluding diaryl/α,β-unsaturated/α-hetero) is 1. The van der Waals surface area contributed by atoms with Gasteiger partial charge in [-0.1, -0.05) is 19.9 Å². The highest BCUT2D eigenvalue weighted by molar-refractivity contribution is 6.04. The Hall–Kier alpha value is -1.51. The summed E-state index contributed by atoms with van der Waals surface area (Å²) in [7, 11) is 0. The molecule has 1 fully saturated rings.